The molecule has 0 atom stereocenters. The summed E-state index contributed by atoms with van der Waals surface area (Å²) >= 11 is 0. The molecule has 1 aromatic carbocycles. The Bertz CT molecular complexity index is 619. The number of nitrogens with zero attached hydrogens (tertiary/aromatic N) is 1. The van der Waals surface area contributed by atoms with Crippen LogP contribution in [-0.2, 0) is 0 Å². The molecule has 106 valence electrons. The van der Waals surface area contributed by atoms with Gasteiger partial charge < -0.3 is 15.6 Å². The van der Waals surface area contributed by atoms with Gasteiger partial charge in [-0.05, 0) is 50.8 Å². The summed E-state index contributed by atoms with van der Waals surface area (Å²) in [6.07, 6.45) is 3.37. The number of fused-ring (bicyclic) bond motifs is 1. The molecule has 0 spiro atoms. The van der Waals surface area contributed by atoms with Crippen molar-refractivity contribution in [3.05, 3.63) is 30.0 Å². The van der Waals surface area contributed by atoms with Gasteiger partial charge in [-0.15, -0.1) is 0 Å². The maximum atomic E-state index is 9.55. The van der Waals surface area contributed by atoms with E-state index in [1.54, 1.807) is 0 Å². The Morgan fingerprint density at radius 2 is 2.00 bits per heavy atom. The second kappa shape index (κ2) is 5.29. The van der Waals surface area contributed by atoms with E-state index in [0.717, 1.165) is 48.0 Å². The summed E-state index contributed by atoms with van der Waals surface area (Å²) in [5, 5.41) is 10.4. The summed E-state index contributed by atoms with van der Waals surface area (Å²) in [4.78, 5) is 4.50. The van der Waals surface area contributed by atoms with Gasteiger partial charge in [0.15, 0.2) is 0 Å². The van der Waals surface area contributed by atoms with Crippen molar-refractivity contribution in [1.29, 1.82) is 0 Å². The molecule has 2 aromatic rings. The number of ether oxygens (including phenoxy) is 1. The predicted molar refractivity (Wildman–Crippen MR) is 79.8 cm³/mol. The van der Waals surface area contributed by atoms with Crippen molar-refractivity contribution in [3.63, 3.8) is 0 Å². The monoisotopic (exact) mass is 272 g/mol. The lowest BCUT2D eigenvalue weighted by molar-refractivity contribution is 0.0673. The van der Waals surface area contributed by atoms with Crippen LogP contribution in [0.15, 0.2) is 24.3 Å². The zero-order chi connectivity index (χ0) is 14.1. The number of anilines is 1. The number of aryl methyl sites for hydroxylation is 1. The molecule has 1 aliphatic rings. The Balaban J connectivity index is 1.91. The van der Waals surface area contributed by atoms with Gasteiger partial charge in [0.2, 0.25) is 0 Å². The van der Waals surface area contributed by atoms with Gasteiger partial charge in [-0.1, -0.05) is 6.07 Å². The van der Waals surface area contributed by atoms with Gasteiger partial charge in [-0.3, -0.25) is 4.98 Å². The Labute approximate surface area is 118 Å². The van der Waals surface area contributed by atoms with Gasteiger partial charge in [-0.2, -0.15) is 0 Å². The highest BCUT2D eigenvalue weighted by molar-refractivity contribution is 5.95. The van der Waals surface area contributed by atoms with Crippen LogP contribution in [0, 0.1) is 6.92 Å². The molecule has 1 saturated carbocycles. The molecular formula is C16H20N2O2. The number of nitrogens with two attached hydrogens (primary N) is 1. The zero-order valence-corrected chi connectivity index (χ0v) is 11.7. The summed E-state index contributed by atoms with van der Waals surface area (Å²) in [5.74, 6) is 0.800. The molecule has 4 nitrogen and oxygen atoms in total. The zero-order valence-electron chi connectivity index (χ0n) is 11.7. The Kier molecular flexibility index (Phi) is 3.49. The number of hydrogen-bond donors (Lipinski definition) is 2. The molecule has 0 aliphatic heterocycles. The van der Waals surface area contributed by atoms with Crippen LogP contribution in [0.25, 0.3) is 10.9 Å². The topological polar surface area (TPSA) is 68.4 Å². The van der Waals surface area contributed by atoms with Crippen molar-refractivity contribution >= 4 is 16.6 Å². The summed E-state index contributed by atoms with van der Waals surface area (Å²) in [5.41, 5.74) is 8.61. The first kappa shape index (κ1) is 13.2. The third-order valence-corrected chi connectivity index (χ3v) is 3.89. The van der Waals surface area contributed by atoms with E-state index in [2.05, 4.69) is 4.98 Å². The highest BCUT2D eigenvalue weighted by Gasteiger charge is 2.21. The van der Waals surface area contributed by atoms with Crippen LogP contribution in [0.3, 0.4) is 0 Å². The molecule has 4 heteroatoms. The van der Waals surface area contributed by atoms with Crippen molar-refractivity contribution in [2.75, 3.05) is 5.73 Å². The number of aliphatic hydroxyl groups is 1. The molecule has 3 rings (SSSR count). The van der Waals surface area contributed by atoms with E-state index < -0.39 is 0 Å². The standard InChI is InChI=1S/C16H20N2O2/c1-10-9-13(17)16-14(18-10)3-2-4-15(16)20-12-7-5-11(19)6-8-12/h2-4,9,11-12,19H,5-8H2,1H3,(H2,17,18)/t11-,12+. The van der Waals surface area contributed by atoms with E-state index in [0.29, 0.717) is 5.69 Å². The van der Waals surface area contributed by atoms with Crippen molar-refractivity contribution < 1.29 is 9.84 Å². The number of aromatic nitrogens is 1. The van der Waals surface area contributed by atoms with E-state index in [1.807, 2.05) is 31.2 Å². The van der Waals surface area contributed by atoms with Crippen molar-refractivity contribution in [3.8, 4) is 5.75 Å². The van der Waals surface area contributed by atoms with Crippen LogP contribution in [0.5, 0.6) is 5.75 Å². The minimum atomic E-state index is -0.170. The third-order valence-electron chi connectivity index (χ3n) is 3.89. The molecule has 0 unspecified atom stereocenters. The summed E-state index contributed by atoms with van der Waals surface area (Å²) in [6.45, 7) is 1.94. The normalized spacial score (nSPS) is 22.9. The van der Waals surface area contributed by atoms with E-state index in [9.17, 15) is 5.11 Å². The number of rotatable bonds is 2. The van der Waals surface area contributed by atoms with Crippen LogP contribution in [0.1, 0.15) is 31.4 Å². The van der Waals surface area contributed by atoms with Crippen LogP contribution >= 0.6 is 0 Å². The number of aliphatic hydroxyl groups excluding tert-OH is 1. The molecule has 1 aliphatic carbocycles. The molecular weight excluding hydrogens is 252 g/mol. The number of benzene rings is 1. The second-order valence-corrected chi connectivity index (χ2v) is 5.55. The lowest BCUT2D eigenvalue weighted by Gasteiger charge is -2.26. The summed E-state index contributed by atoms with van der Waals surface area (Å²) in [7, 11) is 0. The minimum absolute atomic E-state index is 0.157. The number of nitrogen functional groups attached to an aromatic ring is 1. The van der Waals surface area contributed by atoms with Crippen LogP contribution in [0.4, 0.5) is 5.69 Å². The maximum absolute atomic E-state index is 9.55. The molecule has 1 fully saturated rings. The smallest absolute Gasteiger partial charge is 0.131 e. The largest absolute Gasteiger partial charge is 0.490 e. The van der Waals surface area contributed by atoms with E-state index >= 15 is 0 Å². The van der Waals surface area contributed by atoms with Crippen molar-refractivity contribution in [2.45, 2.75) is 44.8 Å². The first-order valence-corrected chi connectivity index (χ1v) is 7.14. The SMILES string of the molecule is Cc1cc(N)c2c(O[C@H]3CC[C@@H](O)CC3)cccc2n1. The van der Waals surface area contributed by atoms with Gasteiger partial charge in [0, 0.05) is 11.4 Å². The van der Waals surface area contributed by atoms with Crippen molar-refractivity contribution in [1.82, 2.24) is 4.98 Å². The average molecular weight is 272 g/mol. The summed E-state index contributed by atoms with van der Waals surface area (Å²) < 4.78 is 6.11. The quantitative estimate of drug-likeness (QED) is 0.882. The Morgan fingerprint density at radius 1 is 1.25 bits per heavy atom. The molecule has 1 heterocycles. The maximum Gasteiger partial charge on any atom is 0.131 e. The van der Waals surface area contributed by atoms with E-state index in [-0.39, 0.29) is 12.2 Å². The lowest BCUT2D eigenvalue weighted by Crippen LogP contribution is -2.26. The fourth-order valence-corrected chi connectivity index (χ4v) is 2.86. The minimum Gasteiger partial charge on any atom is -0.490 e. The molecule has 0 amide bonds. The molecule has 0 radical (unpaired) electrons. The van der Waals surface area contributed by atoms with Crippen LogP contribution < -0.4 is 10.5 Å². The van der Waals surface area contributed by atoms with Gasteiger partial charge in [0.05, 0.1) is 23.1 Å². The first-order valence-electron chi connectivity index (χ1n) is 7.14. The second-order valence-electron chi connectivity index (χ2n) is 5.55. The molecule has 3 N–H and O–H groups in total. The third kappa shape index (κ3) is 2.56. The van der Waals surface area contributed by atoms with Crippen LogP contribution in [0.2, 0.25) is 0 Å². The highest BCUT2D eigenvalue weighted by Crippen LogP contribution is 2.33. The van der Waals surface area contributed by atoms with E-state index in [1.165, 1.54) is 0 Å². The Hall–Kier alpha value is -1.81. The van der Waals surface area contributed by atoms with Gasteiger partial charge in [-0.25, -0.2) is 0 Å². The van der Waals surface area contributed by atoms with Gasteiger partial charge >= 0.3 is 0 Å². The number of hydrogen-bond acceptors (Lipinski definition) is 4. The molecule has 20 heavy (non-hydrogen) atoms. The molecule has 0 saturated heterocycles. The predicted octanol–water partition coefficient (Wildman–Crippen LogP) is 2.81. The van der Waals surface area contributed by atoms with Crippen molar-refractivity contribution in [2.24, 2.45) is 0 Å². The van der Waals surface area contributed by atoms with Gasteiger partial charge in [0.1, 0.15) is 5.75 Å². The molecule has 1 aromatic heterocycles. The van der Waals surface area contributed by atoms with E-state index in [4.69, 9.17) is 10.5 Å². The van der Waals surface area contributed by atoms with Crippen LogP contribution in [-0.4, -0.2) is 22.3 Å². The fraction of sp³-hybridized carbons (Fsp3) is 0.438. The lowest BCUT2D eigenvalue weighted by atomic mass is 9.95. The number of pyridine rings is 1. The first-order chi connectivity index (χ1) is 9.63. The Morgan fingerprint density at radius 3 is 2.75 bits per heavy atom. The fourth-order valence-electron chi connectivity index (χ4n) is 2.86. The molecule has 0 bridgehead atoms. The average Bonchev–Trinajstić information content (AvgIpc) is 2.41. The summed E-state index contributed by atoms with van der Waals surface area (Å²) in [6, 6.07) is 7.72. The highest BCUT2D eigenvalue weighted by atomic mass is 16.5. The van der Waals surface area contributed by atoms with Gasteiger partial charge in [0.25, 0.3) is 0 Å².